The first-order valence-corrected chi connectivity index (χ1v) is 7.97. The molecule has 2 amide bonds. The zero-order valence-electron chi connectivity index (χ0n) is 14.7. The van der Waals surface area contributed by atoms with Gasteiger partial charge in [0.2, 0.25) is 0 Å². The van der Waals surface area contributed by atoms with Gasteiger partial charge in [-0.25, -0.2) is 19.6 Å². The summed E-state index contributed by atoms with van der Waals surface area (Å²) >= 11 is 0. The molecule has 0 radical (unpaired) electrons. The Hall–Kier alpha value is -3.48. The number of nitrogens with zero attached hydrogens (tertiary/aromatic N) is 2. The van der Waals surface area contributed by atoms with Crippen molar-refractivity contribution in [3.8, 4) is 0 Å². The van der Waals surface area contributed by atoms with Crippen LogP contribution >= 0.6 is 0 Å². The SMILES string of the molecule is COC(=O)c1ccc(NC(=O)Nc2ccc3nc(C)c(C)nc3c2)cc1. The number of fused-ring (bicyclic) bond motifs is 1. The summed E-state index contributed by atoms with van der Waals surface area (Å²) in [5.41, 5.74) is 4.81. The number of methoxy groups -OCH3 is 1. The minimum atomic E-state index is -0.427. The van der Waals surface area contributed by atoms with E-state index >= 15 is 0 Å². The van der Waals surface area contributed by atoms with Gasteiger partial charge in [-0.1, -0.05) is 0 Å². The third-order valence-electron chi connectivity index (χ3n) is 3.90. The van der Waals surface area contributed by atoms with Crippen LogP contribution in [0.1, 0.15) is 21.7 Å². The molecule has 7 nitrogen and oxygen atoms in total. The Morgan fingerprint density at radius 1 is 0.846 bits per heavy atom. The average molecular weight is 350 g/mol. The van der Waals surface area contributed by atoms with Crippen LogP contribution in [0.3, 0.4) is 0 Å². The van der Waals surface area contributed by atoms with Crippen LogP contribution < -0.4 is 10.6 Å². The molecule has 2 N–H and O–H groups in total. The van der Waals surface area contributed by atoms with Crippen molar-refractivity contribution in [1.29, 1.82) is 0 Å². The van der Waals surface area contributed by atoms with E-state index in [-0.39, 0.29) is 0 Å². The smallest absolute Gasteiger partial charge is 0.337 e. The fourth-order valence-electron chi connectivity index (χ4n) is 2.41. The number of aromatic nitrogens is 2. The molecule has 0 aliphatic heterocycles. The third-order valence-corrected chi connectivity index (χ3v) is 3.90. The van der Waals surface area contributed by atoms with Gasteiger partial charge in [-0.05, 0) is 56.3 Å². The van der Waals surface area contributed by atoms with E-state index in [1.807, 2.05) is 19.9 Å². The molecule has 0 bridgehead atoms. The average Bonchev–Trinajstić information content (AvgIpc) is 2.63. The number of anilines is 2. The standard InChI is InChI=1S/C19H18N4O3/c1-11-12(2)21-17-10-15(8-9-16(17)20-11)23-19(25)22-14-6-4-13(5-7-14)18(24)26-3/h4-10H,1-3H3,(H2,22,23,25). The van der Waals surface area contributed by atoms with Crippen molar-refractivity contribution < 1.29 is 14.3 Å². The van der Waals surface area contributed by atoms with Gasteiger partial charge in [0.25, 0.3) is 0 Å². The number of urea groups is 1. The van der Waals surface area contributed by atoms with Crippen LogP contribution in [-0.2, 0) is 4.74 Å². The Morgan fingerprint density at radius 3 is 2.08 bits per heavy atom. The first-order chi connectivity index (χ1) is 12.5. The summed E-state index contributed by atoms with van der Waals surface area (Å²) in [7, 11) is 1.32. The van der Waals surface area contributed by atoms with Gasteiger partial charge in [-0.3, -0.25) is 0 Å². The fourth-order valence-corrected chi connectivity index (χ4v) is 2.41. The molecule has 132 valence electrons. The number of hydrogen-bond acceptors (Lipinski definition) is 5. The van der Waals surface area contributed by atoms with Crippen molar-refractivity contribution >= 4 is 34.4 Å². The third kappa shape index (κ3) is 3.77. The van der Waals surface area contributed by atoms with Crippen LogP contribution in [0, 0.1) is 13.8 Å². The summed E-state index contributed by atoms with van der Waals surface area (Å²) in [6.45, 7) is 3.80. The molecule has 1 aromatic heterocycles. The normalized spacial score (nSPS) is 10.4. The first kappa shape index (κ1) is 17.3. The lowest BCUT2D eigenvalue weighted by Gasteiger charge is -2.09. The molecule has 0 aliphatic carbocycles. The molecular weight excluding hydrogens is 332 g/mol. The topological polar surface area (TPSA) is 93.2 Å². The van der Waals surface area contributed by atoms with E-state index in [1.165, 1.54) is 7.11 Å². The van der Waals surface area contributed by atoms with Crippen LogP contribution in [0.5, 0.6) is 0 Å². The molecule has 3 aromatic rings. The van der Waals surface area contributed by atoms with Crippen molar-refractivity contribution in [2.45, 2.75) is 13.8 Å². The second-order valence-electron chi connectivity index (χ2n) is 5.75. The zero-order valence-corrected chi connectivity index (χ0v) is 14.7. The van der Waals surface area contributed by atoms with Crippen molar-refractivity contribution in [2.75, 3.05) is 17.7 Å². The molecule has 0 fully saturated rings. The van der Waals surface area contributed by atoms with E-state index in [9.17, 15) is 9.59 Å². The van der Waals surface area contributed by atoms with Crippen LogP contribution in [0.15, 0.2) is 42.5 Å². The highest BCUT2D eigenvalue weighted by Crippen LogP contribution is 2.18. The Bertz CT molecular complexity index is 984. The molecule has 3 rings (SSSR count). The molecule has 0 saturated carbocycles. The summed E-state index contributed by atoms with van der Waals surface area (Å²) in [6.07, 6.45) is 0. The molecule has 26 heavy (non-hydrogen) atoms. The summed E-state index contributed by atoms with van der Waals surface area (Å²) in [6, 6.07) is 11.4. The van der Waals surface area contributed by atoms with E-state index in [1.54, 1.807) is 36.4 Å². The van der Waals surface area contributed by atoms with Gasteiger partial charge in [0.05, 0.1) is 35.1 Å². The maximum absolute atomic E-state index is 12.2. The lowest BCUT2D eigenvalue weighted by Crippen LogP contribution is -2.19. The molecule has 0 aliphatic rings. The minimum Gasteiger partial charge on any atom is -0.465 e. The van der Waals surface area contributed by atoms with Crippen LogP contribution in [-0.4, -0.2) is 29.1 Å². The van der Waals surface area contributed by atoms with Crippen LogP contribution in [0.4, 0.5) is 16.2 Å². The largest absolute Gasteiger partial charge is 0.465 e. The highest BCUT2D eigenvalue weighted by molar-refractivity contribution is 6.01. The van der Waals surface area contributed by atoms with Gasteiger partial charge >= 0.3 is 12.0 Å². The molecule has 1 heterocycles. The van der Waals surface area contributed by atoms with E-state index in [4.69, 9.17) is 0 Å². The molecule has 0 unspecified atom stereocenters. The number of benzene rings is 2. The van der Waals surface area contributed by atoms with Crippen molar-refractivity contribution in [2.24, 2.45) is 0 Å². The summed E-state index contributed by atoms with van der Waals surface area (Å²) in [5.74, 6) is -0.427. The fraction of sp³-hybridized carbons (Fsp3) is 0.158. The van der Waals surface area contributed by atoms with Crippen LogP contribution in [0.25, 0.3) is 11.0 Å². The molecular formula is C19H18N4O3. The maximum atomic E-state index is 12.2. The lowest BCUT2D eigenvalue weighted by molar-refractivity contribution is 0.0600. The second-order valence-corrected chi connectivity index (χ2v) is 5.75. The summed E-state index contributed by atoms with van der Waals surface area (Å²) in [4.78, 5) is 32.5. The minimum absolute atomic E-state index is 0.396. The zero-order chi connectivity index (χ0) is 18.7. The molecule has 0 saturated heterocycles. The van der Waals surface area contributed by atoms with E-state index in [0.717, 1.165) is 16.9 Å². The van der Waals surface area contributed by atoms with Crippen molar-refractivity contribution in [3.63, 3.8) is 0 Å². The predicted molar refractivity (Wildman–Crippen MR) is 99.4 cm³/mol. The number of carbonyl (C=O) groups is 2. The van der Waals surface area contributed by atoms with Gasteiger partial charge in [0.15, 0.2) is 0 Å². The van der Waals surface area contributed by atoms with Gasteiger partial charge in [0.1, 0.15) is 0 Å². The van der Waals surface area contributed by atoms with Gasteiger partial charge < -0.3 is 15.4 Å². The monoisotopic (exact) mass is 350 g/mol. The predicted octanol–water partition coefficient (Wildman–Crippen LogP) is 3.68. The number of nitrogens with one attached hydrogen (secondary N) is 2. The molecule has 0 spiro atoms. The first-order valence-electron chi connectivity index (χ1n) is 7.97. The highest BCUT2D eigenvalue weighted by atomic mass is 16.5. The Kier molecular flexibility index (Phi) is 4.79. The number of hydrogen-bond donors (Lipinski definition) is 2. The molecule has 0 atom stereocenters. The number of rotatable bonds is 3. The van der Waals surface area contributed by atoms with Crippen LogP contribution in [0.2, 0.25) is 0 Å². The lowest BCUT2D eigenvalue weighted by atomic mass is 10.2. The Balaban J connectivity index is 1.70. The number of ether oxygens (including phenoxy) is 1. The van der Waals surface area contributed by atoms with Crippen molar-refractivity contribution in [1.82, 2.24) is 9.97 Å². The number of carbonyl (C=O) groups excluding carboxylic acids is 2. The van der Waals surface area contributed by atoms with E-state index in [2.05, 4.69) is 25.3 Å². The molecule has 7 heteroatoms. The van der Waals surface area contributed by atoms with Gasteiger partial charge in [0, 0.05) is 11.4 Å². The maximum Gasteiger partial charge on any atom is 0.337 e. The summed E-state index contributed by atoms with van der Waals surface area (Å²) in [5, 5.41) is 5.46. The highest BCUT2D eigenvalue weighted by Gasteiger charge is 2.08. The summed E-state index contributed by atoms with van der Waals surface area (Å²) < 4.78 is 4.64. The number of aryl methyl sites for hydroxylation is 2. The van der Waals surface area contributed by atoms with Gasteiger partial charge in [-0.2, -0.15) is 0 Å². The Labute approximate surface area is 150 Å². The number of amides is 2. The van der Waals surface area contributed by atoms with E-state index in [0.29, 0.717) is 22.5 Å². The van der Waals surface area contributed by atoms with Gasteiger partial charge in [-0.15, -0.1) is 0 Å². The Morgan fingerprint density at radius 2 is 1.42 bits per heavy atom. The number of esters is 1. The van der Waals surface area contributed by atoms with Crippen molar-refractivity contribution in [3.05, 3.63) is 59.4 Å². The molecule has 2 aromatic carbocycles. The quantitative estimate of drug-likeness (QED) is 0.703. The van der Waals surface area contributed by atoms with E-state index < -0.39 is 12.0 Å². The second kappa shape index (κ2) is 7.18.